The number of hydrogen-bond acceptors (Lipinski definition) is 10. The quantitative estimate of drug-likeness (QED) is 0.0396. The van der Waals surface area contributed by atoms with Crippen LogP contribution in [0.15, 0.2) is 303 Å². The summed E-state index contributed by atoms with van der Waals surface area (Å²) in [5.74, 6) is 2.25. The van der Waals surface area contributed by atoms with E-state index in [0.717, 1.165) is 140 Å². The van der Waals surface area contributed by atoms with Crippen molar-refractivity contribution < 1.29 is 25.5 Å². The second-order valence-corrected chi connectivity index (χ2v) is 49.4. The fourth-order valence-corrected chi connectivity index (χ4v) is 26.7. The molecule has 10 nitrogen and oxygen atoms in total. The first-order valence-corrected chi connectivity index (χ1v) is 57.5. The molecule has 5 fully saturated rings. The van der Waals surface area contributed by atoms with E-state index in [2.05, 4.69) is 355 Å². The van der Waals surface area contributed by atoms with Gasteiger partial charge >= 0.3 is 0 Å². The molecule has 0 aromatic heterocycles. The van der Waals surface area contributed by atoms with Crippen molar-refractivity contribution in [2.24, 2.45) is 0 Å². The second-order valence-electron chi connectivity index (χ2n) is 42.8. The van der Waals surface area contributed by atoms with Crippen molar-refractivity contribution in [2.75, 3.05) is 89.9 Å². The molecule has 746 valence electrons. The van der Waals surface area contributed by atoms with Gasteiger partial charge in [0.2, 0.25) is 0 Å². The maximum Gasteiger partial charge on any atom is 0.127 e. The number of hydrogen-bond donors (Lipinski definition) is 5. The number of aryl methyl sites for hydroxylation is 3. The first kappa shape index (κ1) is 106. The summed E-state index contributed by atoms with van der Waals surface area (Å²) in [4.78, 5) is 12.6. The second kappa shape index (κ2) is 51.3. The zero-order chi connectivity index (χ0) is 100. The Bertz CT molecular complexity index is 6380. The Labute approximate surface area is 865 Å². The molecular formula is C128H154N5O5P5. The summed E-state index contributed by atoms with van der Waals surface area (Å²) in [5.41, 5.74) is 23.6. The van der Waals surface area contributed by atoms with E-state index in [0.29, 0.717) is 71.7 Å². The fraction of sp³-hybridized carbons (Fsp3) is 0.344. The molecule has 19 rings (SSSR count). The van der Waals surface area contributed by atoms with Crippen molar-refractivity contribution in [1.82, 2.24) is 0 Å². The summed E-state index contributed by atoms with van der Waals surface area (Å²) in [6.07, 6.45) is 22.7. The first-order chi connectivity index (χ1) is 69.1. The Kier molecular flexibility index (Phi) is 38.2. The molecule has 0 amide bonds. The molecule has 5 aliphatic rings. The van der Waals surface area contributed by atoms with Gasteiger partial charge < -0.3 is 50.0 Å². The summed E-state index contributed by atoms with van der Waals surface area (Å²) in [6.45, 7) is 37.8. The Morgan fingerprint density at radius 2 is 0.531 bits per heavy atom. The van der Waals surface area contributed by atoms with E-state index < -0.39 is 0 Å². The Balaban J connectivity index is 0.000000135. The predicted octanol–water partition coefficient (Wildman–Crippen LogP) is 26.2. The van der Waals surface area contributed by atoms with E-state index in [1.165, 1.54) is 207 Å². The number of benzene rings is 14. The third-order valence-corrected chi connectivity index (χ3v) is 35.0. The van der Waals surface area contributed by atoms with E-state index >= 15 is 0 Å². The Morgan fingerprint density at radius 1 is 0.217 bits per heavy atom. The number of piperidine rings is 5. The largest absolute Gasteiger partial charge is 0.507 e. The van der Waals surface area contributed by atoms with Crippen molar-refractivity contribution in [2.45, 2.75) is 221 Å². The number of nitrogens with zero attached hydrogens (tertiary/aromatic N) is 5. The van der Waals surface area contributed by atoms with E-state index in [4.69, 9.17) is 0 Å². The number of aromatic hydroxyl groups is 5. The number of phenolic OH excluding ortho intramolecular Hbond substituents is 5. The first-order valence-electron chi connectivity index (χ1n) is 52.5. The maximum absolute atomic E-state index is 11.4. The van der Waals surface area contributed by atoms with Crippen molar-refractivity contribution in [3.63, 3.8) is 0 Å². The van der Waals surface area contributed by atoms with Crippen LogP contribution in [0, 0.1) is 20.8 Å². The van der Waals surface area contributed by atoms with Crippen LogP contribution in [0.3, 0.4) is 0 Å². The van der Waals surface area contributed by atoms with Gasteiger partial charge in [-0.25, -0.2) is 0 Å². The lowest BCUT2D eigenvalue weighted by Gasteiger charge is -2.31. The van der Waals surface area contributed by atoms with Crippen molar-refractivity contribution >= 4 is 124 Å². The normalized spacial score (nSPS) is 15.0. The molecule has 14 aromatic rings. The minimum absolute atomic E-state index is 0.0515. The minimum atomic E-state index is -0.0897. The molecule has 14 aromatic carbocycles. The SMILES string of the molecule is Cc1ccc(Pc2cc(C(C)(C)C)cc(C(C)(C)C)c2O)c(N2CCCCC2)c1.Cc1ccc(Pc2cc(C(C)(C)C)cc(C)c2O)c(N2CCCCC2)c1.Oc1c(Cc2ccccc2)cc(Cc2ccccc2)cc1Pc1ccccc1N1CCCCC1.Oc1c(Cc2ccccc2)cccc1Pc1ccccc1N1CCCCC1.Oc1ccc(Cc2ccccc2)cc1Pc1ccccc1N1CCCCC1. The highest BCUT2D eigenvalue weighted by Crippen LogP contribution is 2.41. The topological polar surface area (TPSA) is 117 Å². The monoisotopic (exact) mass is 2000 g/mol. The van der Waals surface area contributed by atoms with E-state index in [1.807, 2.05) is 55.5 Å². The maximum atomic E-state index is 11.4. The van der Waals surface area contributed by atoms with Gasteiger partial charge in [0.05, 0.1) is 0 Å². The summed E-state index contributed by atoms with van der Waals surface area (Å²) in [7, 11) is 2.28. The molecule has 0 bridgehead atoms. The highest BCUT2D eigenvalue weighted by molar-refractivity contribution is 7.57. The molecule has 0 saturated carbocycles. The van der Waals surface area contributed by atoms with Crippen LogP contribution in [0.4, 0.5) is 28.4 Å². The summed E-state index contributed by atoms with van der Waals surface area (Å²) < 4.78 is 0. The van der Waals surface area contributed by atoms with Crippen LogP contribution in [0.1, 0.15) is 237 Å². The van der Waals surface area contributed by atoms with Gasteiger partial charge in [-0.3, -0.25) is 0 Å². The smallest absolute Gasteiger partial charge is 0.127 e. The van der Waals surface area contributed by atoms with Gasteiger partial charge in [-0.05, 0) is 279 Å². The average Bonchev–Trinajstić information content (AvgIpc) is 0.776. The average molecular weight is 2000 g/mol. The third kappa shape index (κ3) is 30.2. The van der Waals surface area contributed by atoms with E-state index in [9.17, 15) is 25.5 Å². The molecule has 0 spiro atoms. The van der Waals surface area contributed by atoms with Crippen molar-refractivity contribution in [1.29, 1.82) is 0 Å². The number of anilines is 5. The van der Waals surface area contributed by atoms with Crippen LogP contribution in [0.5, 0.6) is 28.7 Å². The van der Waals surface area contributed by atoms with Crippen LogP contribution in [-0.4, -0.2) is 91.0 Å². The molecular weight excluding hydrogens is 1840 g/mol. The van der Waals surface area contributed by atoms with Crippen LogP contribution in [0.2, 0.25) is 0 Å². The van der Waals surface area contributed by atoms with Gasteiger partial charge in [-0.15, -0.1) is 0 Å². The zero-order valence-electron chi connectivity index (χ0n) is 86.8. The van der Waals surface area contributed by atoms with Crippen LogP contribution in [-0.2, 0) is 41.9 Å². The number of para-hydroxylation sites is 4. The van der Waals surface area contributed by atoms with Crippen molar-refractivity contribution in [3.8, 4) is 28.7 Å². The summed E-state index contributed by atoms with van der Waals surface area (Å²) >= 11 is 0. The van der Waals surface area contributed by atoms with Crippen LogP contribution < -0.4 is 77.5 Å². The molecule has 15 heteroatoms. The van der Waals surface area contributed by atoms with Gasteiger partial charge in [0.25, 0.3) is 0 Å². The summed E-state index contributed by atoms with van der Waals surface area (Å²) in [6, 6.07) is 107. The Hall–Kier alpha value is -10.8. The van der Waals surface area contributed by atoms with E-state index in [1.54, 1.807) is 0 Å². The minimum Gasteiger partial charge on any atom is -0.507 e. The molecule has 5 unspecified atom stereocenters. The number of phenols is 5. The fourth-order valence-electron chi connectivity index (χ4n) is 20.0. The standard InChI is InChI=1S/C31H32NOP.C26H38NOP.2C24H26NOP.C23H32NOP/c33-31-27(21-25-14-6-2-7-15-25)22-26(20-24-12-4-1-5-13-24)23-30(31)34-29-17-9-8-16-28(29)32-18-10-3-11-19-32;1-18-11-12-22(21(15-18)27-13-9-8-10-14-27)29-23-17-19(25(2,3)4)16-20(24(23)28)26(5,6)7;26-24-20(18-19-10-3-1-4-11-19)12-9-15-23(24)27-22-14-6-5-13-21(22)25-16-7-2-8-17-25;26-22-14-13-20(17-19-9-3-1-4-10-19)18-24(22)27-23-12-6-5-11-21(23)25-15-7-2-8-16-25;1-16-9-10-20(19(13-16)24-11-7-6-8-12-24)26-21-15-18(23(3,4)5)14-17(2)22(21)25/h1-2,4-9,12-17,22-23,33-34H,3,10-11,18-21H2;11-12,15-17,28-29H,8-10,13-14H2,1-7H3;1,3-6,9-15,26-27H,2,7-8,16-18H2;1,3-6,9-14,18,26-27H,2,7-8,15-17H2;9-10,13-15,25-26H,6-8,11-12H2,1-5H3. The third-order valence-electron chi connectivity index (χ3n) is 28.2. The van der Waals surface area contributed by atoms with Gasteiger partial charge in [0.15, 0.2) is 0 Å². The molecule has 5 saturated heterocycles. The molecule has 143 heavy (non-hydrogen) atoms. The molecule has 0 aliphatic carbocycles. The van der Waals surface area contributed by atoms with Gasteiger partial charge in [-0.2, -0.15) is 0 Å². The molecule has 5 N–H and O–H groups in total. The molecule has 5 heterocycles. The summed E-state index contributed by atoms with van der Waals surface area (Å²) in [5, 5.41) is 66.6. The lowest BCUT2D eigenvalue weighted by atomic mass is 9.80. The number of rotatable bonds is 23. The van der Waals surface area contributed by atoms with Crippen molar-refractivity contribution in [3.05, 3.63) is 381 Å². The molecule has 5 atom stereocenters. The van der Waals surface area contributed by atoms with Gasteiger partial charge in [-0.1, -0.05) is 348 Å². The van der Waals surface area contributed by atoms with Crippen LogP contribution >= 0.6 is 42.9 Å². The van der Waals surface area contributed by atoms with Crippen LogP contribution in [0.25, 0.3) is 0 Å². The zero-order valence-corrected chi connectivity index (χ0v) is 91.8. The molecule has 5 aliphatic heterocycles. The lowest BCUT2D eigenvalue weighted by molar-refractivity contribution is 0.449. The highest BCUT2D eigenvalue weighted by atomic mass is 31.1. The highest BCUT2D eigenvalue weighted by Gasteiger charge is 2.29. The predicted molar refractivity (Wildman–Crippen MR) is 628 cm³/mol. The molecule has 0 radical (unpaired) electrons. The van der Waals surface area contributed by atoms with E-state index in [-0.39, 0.29) is 16.2 Å². The Morgan fingerprint density at radius 3 is 0.937 bits per heavy atom. The van der Waals surface area contributed by atoms with Gasteiger partial charge in [0, 0.05) is 165 Å². The lowest BCUT2D eigenvalue weighted by Crippen LogP contribution is -2.32. The van der Waals surface area contributed by atoms with Gasteiger partial charge in [0.1, 0.15) is 28.7 Å².